The Morgan fingerprint density at radius 2 is 1.88 bits per heavy atom. The number of benzene rings is 1. The van der Waals surface area contributed by atoms with Crippen LogP contribution >= 0.6 is 11.8 Å². The predicted octanol–water partition coefficient (Wildman–Crippen LogP) is 2.62. The predicted molar refractivity (Wildman–Crippen MR) is 102 cm³/mol. The van der Waals surface area contributed by atoms with Crippen LogP contribution in [-0.2, 0) is 22.5 Å². The van der Waals surface area contributed by atoms with Crippen LogP contribution in [0.25, 0.3) is 0 Å². The van der Waals surface area contributed by atoms with E-state index in [4.69, 9.17) is 4.74 Å². The van der Waals surface area contributed by atoms with Gasteiger partial charge in [0, 0.05) is 26.1 Å². The first-order chi connectivity index (χ1) is 12.6. The third-order valence-corrected chi connectivity index (χ3v) is 5.36. The number of hydrogen-bond donors (Lipinski definition) is 0. The molecule has 2 unspecified atom stereocenters. The Labute approximate surface area is 158 Å². The SMILES string of the molecule is CCn1c(Cc2ccccc2)nnc1SCC(=O)N1CC(C)OC(C)C1. The monoisotopic (exact) mass is 374 g/mol. The maximum absolute atomic E-state index is 12.6. The Morgan fingerprint density at radius 3 is 2.54 bits per heavy atom. The van der Waals surface area contributed by atoms with Crippen molar-refractivity contribution in [3.8, 4) is 0 Å². The molecule has 0 aliphatic carbocycles. The number of amides is 1. The van der Waals surface area contributed by atoms with Crippen molar-refractivity contribution in [3.05, 3.63) is 41.7 Å². The smallest absolute Gasteiger partial charge is 0.233 e. The number of aromatic nitrogens is 3. The molecular formula is C19H26N4O2S. The Morgan fingerprint density at radius 1 is 1.19 bits per heavy atom. The maximum Gasteiger partial charge on any atom is 0.233 e. The zero-order valence-corrected chi connectivity index (χ0v) is 16.4. The second-order valence-electron chi connectivity index (χ2n) is 6.65. The summed E-state index contributed by atoms with van der Waals surface area (Å²) in [5.41, 5.74) is 1.21. The molecule has 1 aromatic carbocycles. The lowest BCUT2D eigenvalue weighted by atomic mass is 10.1. The van der Waals surface area contributed by atoms with E-state index in [1.165, 1.54) is 17.3 Å². The summed E-state index contributed by atoms with van der Waals surface area (Å²) in [6, 6.07) is 10.2. The molecule has 1 aromatic heterocycles. The highest BCUT2D eigenvalue weighted by Gasteiger charge is 2.26. The van der Waals surface area contributed by atoms with Gasteiger partial charge in [0.1, 0.15) is 5.82 Å². The molecule has 7 heteroatoms. The lowest BCUT2D eigenvalue weighted by molar-refractivity contribution is -0.140. The Bertz CT molecular complexity index is 724. The van der Waals surface area contributed by atoms with Gasteiger partial charge in [0.2, 0.25) is 5.91 Å². The second kappa shape index (κ2) is 8.68. The standard InChI is InChI=1S/C19H26N4O2S/c1-4-23-17(10-16-8-6-5-7-9-16)20-21-19(23)26-13-18(24)22-11-14(2)25-15(3)12-22/h5-9,14-15H,4,10-13H2,1-3H3. The highest BCUT2D eigenvalue weighted by Crippen LogP contribution is 2.20. The zero-order valence-electron chi connectivity index (χ0n) is 15.6. The van der Waals surface area contributed by atoms with Gasteiger partial charge >= 0.3 is 0 Å². The highest BCUT2D eigenvalue weighted by atomic mass is 32.2. The van der Waals surface area contributed by atoms with Gasteiger partial charge in [-0.15, -0.1) is 10.2 Å². The molecule has 1 aliphatic heterocycles. The fourth-order valence-corrected chi connectivity index (χ4v) is 4.18. The molecule has 2 aromatic rings. The van der Waals surface area contributed by atoms with E-state index in [9.17, 15) is 4.79 Å². The lowest BCUT2D eigenvalue weighted by Gasteiger charge is -2.35. The molecule has 1 saturated heterocycles. The van der Waals surface area contributed by atoms with E-state index < -0.39 is 0 Å². The van der Waals surface area contributed by atoms with Gasteiger partial charge in [0.05, 0.1) is 18.0 Å². The molecule has 0 spiro atoms. The van der Waals surface area contributed by atoms with E-state index in [0.29, 0.717) is 18.8 Å². The molecule has 6 nitrogen and oxygen atoms in total. The topological polar surface area (TPSA) is 60.2 Å². The van der Waals surface area contributed by atoms with E-state index in [1.807, 2.05) is 36.9 Å². The van der Waals surface area contributed by atoms with Crippen molar-refractivity contribution < 1.29 is 9.53 Å². The summed E-state index contributed by atoms with van der Waals surface area (Å²) in [4.78, 5) is 14.4. The first kappa shape index (κ1) is 18.9. The first-order valence-electron chi connectivity index (χ1n) is 9.08. The minimum absolute atomic E-state index is 0.0875. The number of thioether (sulfide) groups is 1. The van der Waals surface area contributed by atoms with Crippen molar-refractivity contribution in [3.63, 3.8) is 0 Å². The summed E-state index contributed by atoms with van der Waals surface area (Å²) in [5.74, 6) is 1.44. The molecular weight excluding hydrogens is 348 g/mol. The Kier molecular flexibility index (Phi) is 6.32. The van der Waals surface area contributed by atoms with Gasteiger partial charge in [-0.3, -0.25) is 4.79 Å². The van der Waals surface area contributed by atoms with Gasteiger partial charge in [-0.05, 0) is 26.3 Å². The van der Waals surface area contributed by atoms with Crippen LogP contribution in [0.15, 0.2) is 35.5 Å². The number of morpholine rings is 1. The van der Waals surface area contributed by atoms with E-state index in [1.54, 1.807) is 0 Å². The average molecular weight is 375 g/mol. The van der Waals surface area contributed by atoms with Gasteiger partial charge in [-0.2, -0.15) is 0 Å². The molecule has 1 amide bonds. The maximum atomic E-state index is 12.6. The summed E-state index contributed by atoms with van der Waals surface area (Å²) in [6.07, 6.45) is 0.920. The molecule has 0 N–H and O–H groups in total. The Hall–Kier alpha value is -1.86. The van der Waals surface area contributed by atoms with Crippen molar-refractivity contribution >= 4 is 17.7 Å². The van der Waals surface area contributed by atoms with Crippen LogP contribution in [0.1, 0.15) is 32.2 Å². The van der Waals surface area contributed by atoms with E-state index in [2.05, 4.69) is 33.8 Å². The largest absolute Gasteiger partial charge is 0.372 e. The van der Waals surface area contributed by atoms with Crippen LogP contribution in [0, 0.1) is 0 Å². The van der Waals surface area contributed by atoms with Crippen molar-refractivity contribution in [1.29, 1.82) is 0 Å². The molecule has 2 atom stereocenters. The van der Waals surface area contributed by atoms with Gasteiger partial charge < -0.3 is 14.2 Å². The van der Waals surface area contributed by atoms with Crippen molar-refractivity contribution in [2.75, 3.05) is 18.8 Å². The number of carbonyl (C=O) groups excluding carboxylic acids is 1. The van der Waals surface area contributed by atoms with Crippen molar-refractivity contribution in [2.45, 2.75) is 51.1 Å². The third-order valence-electron chi connectivity index (χ3n) is 4.41. The highest BCUT2D eigenvalue weighted by molar-refractivity contribution is 7.99. The van der Waals surface area contributed by atoms with E-state index in [0.717, 1.165) is 23.9 Å². The first-order valence-corrected chi connectivity index (χ1v) is 10.1. The third kappa shape index (κ3) is 4.65. The summed E-state index contributed by atoms with van der Waals surface area (Å²) in [6.45, 7) is 8.19. The van der Waals surface area contributed by atoms with Gasteiger partial charge in [-0.1, -0.05) is 42.1 Å². The fraction of sp³-hybridized carbons (Fsp3) is 0.526. The molecule has 26 heavy (non-hydrogen) atoms. The van der Waals surface area contributed by atoms with E-state index >= 15 is 0 Å². The molecule has 3 rings (SSSR count). The minimum Gasteiger partial charge on any atom is -0.372 e. The number of hydrogen-bond acceptors (Lipinski definition) is 5. The number of rotatable bonds is 6. The minimum atomic E-state index is 0.0875. The number of nitrogens with zero attached hydrogens (tertiary/aromatic N) is 4. The molecule has 0 saturated carbocycles. The molecule has 140 valence electrons. The summed E-state index contributed by atoms with van der Waals surface area (Å²) in [5, 5.41) is 9.46. The van der Waals surface area contributed by atoms with Crippen molar-refractivity contribution in [1.82, 2.24) is 19.7 Å². The van der Waals surface area contributed by atoms with Gasteiger partial charge in [-0.25, -0.2) is 0 Å². The van der Waals surface area contributed by atoms with Crippen LogP contribution in [0.2, 0.25) is 0 Å². The van der Waals surface area contributed by atoms with Gasteiger partial charge in [0.15, 0.2) is 5.16 Å². The molecule has 0 bridgehead atoms. The normalized spacial score (nSPS) is 20.3. The quantitative estimate of drug-likeness (QED) is 0.728. The molecule has 1 aliphatic rings. The van der Waals surface area contributed by atoms with Crippen LogP contribution < -0.4 is 0 Å². The number of carbonyl (C=O) groups is 1. The molecule has 0 radical (unpaired) electrons. The lowest BCUT2D eigenvalue weighted by Crippen LogP contribution is -2.48. The molecule has 1 fully saturated rings. The summed E-state index contributed by atoms with van der Waals surface area (Å²) < 4.78 is 7.79. The van der Waals surface area contributed by atoms with Gasteiger partial charge in [0.25, 0.3) is 0 Å². The molecule has 2 heterocycles. The second-order valence-corrected chi connectivity index (χ2v) is 7.59. The van der Waals surface area contributed by atoms with Crippen LogP contribution in [0.4, 0.5) is 0 Å². The average Bonchev–Trinajstić information content (AvgIpc) is 3.01. The van der Waals surface area contributed by atoms with Crippen molar-refractivity contribution in [2.24, 2.45) is 0 Å². The van der Waals surface area contributed by atoms with E-state index in [-0.39, 0.29) is 18.1 Å². The number of ether oxygens (including phenoxy) is 1. The summed E-state index contributed by atoms with van der Waals surface area (Å²) >= 11 is 1.46. The van der Waals surface area contributed by atoms with Crippen LogP contribution in [-0.4, -0.2) is 56.6 Å². The zero-order chi connectivity index (χ0) is 18.5. The van der Waals surface area contributed by atoms with Crippen LogP contribution in [0.5, 0.6) is 0 Å². The summed E-state index contributed by atoms with van der Waals surface area (Å²) in [7, 11) is 0. The Balaban J connectivity index is 1.62. The van der Waals surface area contributed by atoms with Crippen LogP contribution in [0.3, 0.4) is 0 Å². The fourth-order valence-electron chi connectivity index (χ4n) is 3.25.